The van der Waals surface area contributed by atoms with Crippen LogP contribution < -0.4 is 0 Å². The zero-order valence-electron chi connectivity index (χ0n) is 50.5. The van der Waals surface area contributed by atoms with Crippen molar-refractivity contribution in [2.45, 2.75) is 0 Å². The number of aromatic nitrogens is 6. The highest BCUT2D eigenvalue weighted by atomic mass is 15.0. The van der Waals surface area contributed by atoms with Crippen LogP contribution in [0.4, 0.5) is 0 Å². The van der Waals surface area contributed by atoms with Crippen molar-refractivity contribution in [1.82, 2.24) is 28.7 Å². The van der Waals surface area contributed by atoms with Gasteiger partial charge in [-0.15, -0.1) is 0 Å². The molecule has 93 heavy (non-hydrogen) atoms. The molecule has 434 valence electrons. The van der Waals surface area contributed by atoms with Crippen LogP contribution in [0.2, 0.25) is 0 Å². The Balaban J connectivity index is 1.08. The summed E-state index contributed by atoms with van der Waals surface area (Å²) in [5, 5.41) is 6.89. The average molecular weight is 1190 g/mol. The molecule has 18 aromatic rings. The first kappa shape index (κ1) is 53.5. The molecule has 6 heteroatoms. The summed E-state index contributed by atoms with van der Waals surface area (Å²) in [6, 6.07) is 123. The summed E-state index contributed by atoms with van der Waals surface area (Å²) in [5.74, 6) is 1.70. The molecule has 18 rings (SSSR count). The second-order valence-corrected chi connectivity index (χ2v) is 23.8. The Hall–Kier alpha value is -12.5. The number of nitrogens with zero attached hydrogens (tertiary/aromatic N) is 6. The predicted molar refractivity (Wildman–Crippen MR) is 386 cm³/mol. The minimum Gasteiger partial charge on any atom is -0.309 e. The van der Waals surface area contributed by atoms with Crippen LogP contribution in [-0.2, 0) is 0 Å². The molecule has 0 N–H and O–H groups in total. The highest BCUT2D eigenvalue weighted by Crippen LogP contribution is 2.57. The van der Waals surface area contributed by atoms with Gasteiger partial charge in [-0.05, 0) is 136 Å². The van der Waals surface area contributed by atoms with Gasteiger partial charge in [0, 0.05) is 77.2 Å². The molecular weight excluding hydrogens is 1130 g/mol. The van der Waals surface area contributed by atoms with Crippen molar-refractivity contribution in [2.75, 3.05) is 0 Å². The summed E-state index contributed by atoms with van der Waals surface area (Å²) in [6.07, 6.45) is 0. The number of fused-ring (bicyclic) bond motifs is 9. The van der Waals surface area contributed by atoms with Gasteiger partial charge in [-0.1, -0.05) is 249 Å². The Morgan fingerprint density at radius 3 is 0.720 bits per heavy atom. The fourth-order valence-electron chi connectivity index (χ4n) is 14.5. The van der Waals surface area contributed by atoms with Gasteiger partial charge in [-0.25, -0.2) is 15.0 Å². The van der Waals surface area contributed by atoms with Crippen molar-refractivity contribution in [1.29, 1.82) is 0 Å². The molecule has 0 spiro atoms. The van der Waals surface area contributed by atoms with Gasteiger partial charge in [0.2, 0.25) is 0 Å². The summed E-state index contributed by atoms with van der Waals surface area (Å²) in [4.78, 5) is 17.1. The third-order valence-electron chi connectivity index (χ3n) is 18.5. The van der Waals surface area contributed by atoms with Crippen LogP contribution in [0.3, 0.4) is 0 Å². The van der Waals surface area contributed by atoms with E-state index in [9.17, 15) is 0 Å². The highest BCUT2D eigenvalue weighted by Gasteiger charge is 2.33. The van der Waals surface area contributed by atoms with Crippen molar-refractivity contribution >= 4 is 65.4 Å². The lowest BCUT2D eigenvalue weighted by Crippen LogP contribution is -2.06. The fraction of sp³-hybridized carbons (Fsp3) is 0. The number of para-hydroxylation sites is 6. The minimum atomic E-state index is 0.550. The van der Waals surface area contributed by atoms with E-state index in [0.29, 0.717) is 17.5 Å². The maximum atomic E-state index is 5.83. The van der Waals surface area contributed by atoms with Crippen molar-refractivity contribution in [3.63, 3.8) is 0 Å². The molecule has 0 saturated carbocycles. The molecule has 14 aromatic carbocycles. The van der Waals surface area contributed by atoms with Gasteiger partial charge in [0.15, 0.2) is 17.5 Å². The van der Waals surface area contributed by atoms with Crippen LogP contribution in [0, 0.1) is 0 Å². The molecule has 0 radical (unpaired) electrons. The zero-order valence-corrected chi connectivity index (χ0v) is 50.5. The zero-order chi connectivity index (χ0) is 61.3. The van der Waals surface area contributed by atoms with E-state index in [1.807, 2.05) is 12.1 Å². The lowest BCUT2D eigenvalue weighted by Gasteiger charge is -2.28. The quantitative estimate of drug-likeness (QED) is 0.130. The van der Waals surface area contributed by atoms with Gasteiger partial charge in [-0.2, -0.15) is 0 Å². The molecule has 0 fully saturated rings. The summed E-state index contributed by atoms with van der Waals surface area (Å²) in [7, 11) is 0. The molecular formula is C87H56N6. The molecule has 0 amide bonds. The van der Waals surface area contributed by atoms with E-state index in [1.165, 1.54) is 5.39 Å². The van der Waals surface area contributed by atoms with E-state index >= 15 is 0 Å². The van der Waals surface area contributed by atoms with Crippen LogP contribution in [0.1, 0.15) is 0 Å². The van der Waals surface area contributed by atoms with Gasteiger partial charge in [-0.3, -0.25) is 0 Å². The monoisotopic (exact) mass is 1180 g/mol. The van der Waals surface area contributed by atoms with E-state index < -0.39 is 0 Å². The SMILES string of the molecule is c1ccc(-c2nc(-c3ccccc3)nc(-c3c(-c4ccc5c(c4)c4ccccc4n5-c4ccccc4)c(-c4ccccc4)c(-c4ccc5c(c4)c4ccccc4n5-c4ccccc4)c(-c4ccccc4)c3-c3ccc4c(c3)c3ccccc3n4-c3ccccc3)n2)cc1. The maximum absolute atomic E-state index is 5.83. The number of benzene rings is 14. The second-order valence-electron chi connectivity index (χ2n) is 23.8. The minimum absolute atomic E-state index is 0.550. The van der Waals surface area contributed by atoms with Crippen molar-refractivity contribution in [2.24, 2.45) is 0 Å². The van der Waals surface area contributed by atoms with Gasteiger partial charge in [0.05, 0.1) is 33.1 Å². The molecule has 0 saturated heterocycles. The number of rotatable bonds is 11. The topological polar surface area (TPSA) is 53.5 Å². The first-order chi connectivity index (χ1) is 46.2. The second kappa shape index (κ2) is 22.2. The predicted octanol–water partition coefficient (Wildman–Crippen LogP) is 22.5. The van der Waals surface area contributed by atoms with E-state index in [4.69, 9.17) is 15.0 Å². The van der Waals surface area contributed by atoms with Gasteiger partial charge in [0.25, 0.3) is 0 Å². The normalized spacial score (nSPS) is 11.7. The van der Waals surface area contributed by atoms with Gasteiger partial charge >= 0.3 is 0 Å². The van der Waals surface area contributed by atoms with Crippen molar-refractivity contribution in [3.05, 3.63) is 340 Å². The summed E-state index contributed by atoms with van der Waals surface area (Å²) < 4.78 is 7.20. The summed E-state index contributed by atoms with van der Waals surface area (Å²) >= 11 is 0. The number of hydrogen-bond donors (Lipinski definition) is 0. The van der Waals surface area contributed by atoms with Crippen LogP contribution in [0.25, 0.3) is 172 Å². The van der Waals surface area contributed by atoms with Crippen LogP contribution in [-0.4, -0.2) is 28.7 Å². The van der Waals surface area contributed by atoms with E-state index in [2.05, 4.69) is 341 Å². The van der Waals surface area contributed by atoms with Gasteiger partial charge < -0.3 is 13.7 Å². The van der Waals surface area contributed by atoms with Crippen molar-refractivity contribution in [3.8, 4) is 107 Å². The first-order valence-corrected chi connectivity index (χ1v) is 31.7. The fourth-order valence-corrected chi connectivity index (χ4v) is 14.5. The molecule has 0 aliphatic heterocycles. The molecule has 4 heterocycles. The molecule has 6 nitrogen and oxygen atoms in total. The molecule has 0 aliphatic rings. The molecule has 0 aliphatic carbocycles. The maximum Gasteiger partial charge on any atom is 0.165 e. The van der Waals surface area contributed by atoms with Crippen molar-refractivity contribution < 1.29 is 0 Å². The third kappa shape index (κ3) is 8.91. The Morgan fingerprint density at radius 2 is 0.398 bits per heavy atom. The Bertz CT molecular complexity index is 5600. The first-order valence-electron chi connectivity index (χ1n) is 31.7. The smallest absolute Gasteiger partial charge is 0.165 e. The summed E-state index contributed by atoms with van der Waals surface area (Å²) in [6.45, 7) is 0. The van der Waals surface area contributed by atoms with Crippen LogP contribution in [0.5, 0.6) is 0 Å². The summed E-state index contributed by atoms with van der Waals surface area (Å²) in [5.41, 5.74) is 23.1. The Labute approximate surface area is 537 Å². The molecule has 0 unspecified atom stereocenters. The highest BCUT2D eigenvalue weighted by molar-refractivity contribution is 6.20. The lowest BCUT2D eigenvalue weighted by molar-refractivity contribution is 1.07. The van der Waals surface area contributed by atoms with E-state index in [0.717, 1.165) is 149 Å². The molecule has 0 atom stereocenters. The standard InChI is InChI=1S/C87H56N6/c1-8-28-57(29-9-1)79-81(61-48-51-76-70(54-61)67-42-22-25-45-73(67)91(76)64-36-16-5-17-37-64)80(58-30-10-2-11-31-58)83(63-50-53-78-72(56-63)69-44-24-27-47-75(69)93(78)66-40-20-7-21-41-66)84(87-89-85(59-32-12-3-13-33-59)88-86(90-87)60-34-14-4-15-35-60)82(79)62-49-52-77-71(55-62)68-43-23-26-46-74(68)92(77)65-38-18-6-19-39-65/h1-56H. The molecule has 4 aromatic heterocycles. The average Bonchev–Trinajstić information content (AvgIpc) is 1.66. The lowest BCUT2D eigenvalue weighted by atomic mass is 9.75. The number of hydrogen-bond acceptors (Lipinski definition) is 3. The van der Waals surface area contributed by atoms with Gasteiger partial charge in [0.1, 0.15) is 0 Å². The Morgan fingerprint density at radius 1 is 0.161 bits per heavy atom. The Kier molecular flexibility index (Phi) is 12.8. The van der Waals surface area contributed by atoms with Crippen LogP contribution >= 0.6 is 0 Å². The van der Waals surface area contributed by atoms with E-state index in [-0.39, 0.29) is 0 Å². The van der Waals surface area contributed by atoms with Crippen LogP contribution in [0.15, 0.2) is 340 Å². The largest absolute Gasteiger partial charge is 0.309 e. The third-order valence-corrected chi connectivity index (χ3v) is 18.5. The molecule has 0 bridgehead atoms. The van der Waals surface area contributed by atoms with E-state index in [1.54, 1.807) is 0 Å².